The maximum atomic E-state index is 13.0. The summed E-state index contributed by atoms with van der Waals surface area (Å²) in [4.78, 5) is 40.9. The number of unbranched alkanes of at least 4 members (excludes halogenated alkanes) is 27. The summed E-state index contributed by atoms with van der Waals surface area (Å²) in [5.74, 6) is -0.587. The van der Waals surface area contributed by atoms with Crippen LogP contribution in [-0.2, 0) is 28.6 Å². The summed E-state index contributed by atoms with van der Waals surface area (Å²) in [7, 11) is 12.6. The zero-order valence-electron chi connectivity index (χ0n) is 45.6. The van der Waals surface area contributed by atoms with Crippen LogP contribution in [0.1, 0.15) is 213 Å². The smallest absolute Gasteiger partial charge is 0.361 e. The summed E-state index contributed by atoms with van der Waals surface area (Å²) in [5, 5.41) is 0. The van der Waals surface area contributed by atoms with E-state index in [4.69, 9.17) is 14.2 Å². The van der Waals surface area contributed by atoms with Gasteiger partial charge in [-0.2, -0.15) is 0 Å². The van der Waals surface area contributed by atoms with Gasteiger partial charge in [-0.3, -0.25) is 4.90 Å². The molecule has 10 nitrogen and oxygen atoms in total. The minimum Gasteiger partial charge on any atom is -1.00 e. The van der Waals surface area contributed by atoms with Gasteiger partial charge in [-0.25, -0.2) is 14.4 Å². The first-order chi connectivity index (χ1) is 30.6. The van der Waals surface area contributed by atoms with E-state index in [1.54, 1.807) is 0 Å². The fourth-order valence-corrected chi connectivity index (χ4v) is 8.71. The van der Waals surface area contributed by atoms with Gasteiger partial charge in [-0.05, 0) is 38.5 Å². The molecule has 0 unspecified atom stereocenters. The molecule has 0 spiro atoms. The minimum atomic E-state index is -0.197. The number of likely N-dealkylation sites (N-methyl/N-ethyl adjacent to an activating group) is 3. The Morgan fingerprint density at radius 2 is 0.493 bits per heavy atom. The predicted octanol–water partition coefficient (Wildman–Crippen LogP) is 2.92. The molecule has 0 heterocycles. The monoisotopic (exact) mass is 1150 g/mol. The lowest BCUT2D eigenvalue weighted by molar-refractivity contribution is -0.883. The Labute approximate surface area is 447 Å². The van der Waals surface area contributed by atoms with Crippen LogP contribution in [0.5, 0.6) is 0 Å². The number of rotatable bonds is 48. The van der Waals surface area contributed by atoms with Crippen molar-refractivity contribution in [2.45, 2.75) is 213 Å². The van der Waals surface area contributed by atoms with Gasteiger partial charge < -0.3 is 78.6 Å². The first-order valence-corrected chi connectivity index (χ1v) is 27.3. The molecule has 0 aliphatic rings. The largest absolute Gasteiger partial charge is 1.00 e. The van der Waals surface area contributed by atoms with Gasteiger partial charge in [-0.15, -0.1) is 0 Å². The van der Waals surface area contributed by atoms with E-state index in [-0.39, 0.29) is 88.7 Å². The fourth-order valence-electron chi connectivity index (χ4n) is 8.71. The van der Waals surface area contributed by atoms with Gasteiger partial charge in [0.15, 0.2) is 19.6 Å². The molecule has 0 aliphatic heterocycles. The number of hydrogen-bond acceptors (Lipinski definition) is 7. The second kappa shape index (κ2) is 49.3. The SMILES string of the molecule is CCCCCCCCCCCCCCCC[N+](C)(C)CC(=O)OCCN(CCOC(=O)C[N+](C)(C)CCCCCCCCCC)CCOC(=O)C[N+](C)(C)CCCCCCCCCC.[Br-].[Br-].[Br-]. The molecule has 0 aliphatic carbocycles. The van der Waals surface area contributed by atoms with Gasteiger partial charge in [0.25, 0.3) is 0 Å². The van der Waals surface area contributed by atoms with Crippen LogP contribution in [0.25, 0.3) is 0 Å². The molecule has 0 rings (SSSR count). The number of quaternary nitrogens is 3. The lowest BCUT2D eigenvalue weighted by atomic mass is 10.0. The second-order valence-corrected chi connectivity index (χ2v) is 21.5. The van der Waals surface area contributed by atoms with Crippen LogP contribution in [-0.4, -0.2) is 157 Å². The van der Waals surface area contributed by atoms with Crippen LogP contribution in [0, 0.1) is 0 Å². The van der Waals surface area contributed by atoms with Crippen LogP contribution in [0.4, 0.5) is 0 Å². The van der Waals surface area contributed by atoms with Crippen molar-refractivity contribution < 1.29 is 93.0 Å². The molecule has 0 N–H and O–H groups in total. The maximum absolute atomic E-state index is 13.0. The number of carbonyl (C=O) groups is 3. The van der Waals surface area contributed by atoms with E-state index < -0.39 is 0 Å². The molecule has 0 amide bonds. The highest BCUT2D eigenvalue weighted by Crippen LogP contribution is 2.15. The van der Waals surface area contributed by atoms with Crippen LogP contribution >= 0.6 is 0 Å². The quantitative estimate of drug-likeness (QED) is 0.0402. The van der Waals surface area contributed by atoms with E-state index in [9.17, 15) is 14.4 Å². The van der Waals surface area contributed by atoms with Crippen molar-refractivity contribution >= 4 is 17.9 Å². The van der Waals surface area contributed by atoms with Gasteiger partial charge >= 0.3 is 17.9 Å². The molecule has 13 heteroatoms. The summed E-state index contributed by atoms with van der Waals surface area (Å²) in [6.45, 7) is 12.8. The zero-order chi connectivity index (χ0) is 47.6. The van der Waals surface area contributed by atoms with Gasteiger partial charge in [0.1, 0.15) is 19.8 Å². The fraction of sp³-hybridized carbons (Fsp3) is 0.944. The number of halogens is 3. The lowest BCUT2D eigenvalue weighted by Gasteiger charge is -2.29. The number of nitrogens with zero attached hydrogens (tertiary/aromatic N) is 4. The van der Waals surface area contributed by atoms with Gasteiger partial charge in [0.2, 0.25) is 0 Å². The Morgan fingerprint density at radius 3 is 0.687 bits per heavy atom. The Bertz CT molecular complexity index is 1070. The number of esters is 3. The van der Waals surface area contributed by atoms with E-state index in [0.717, 1.165) is 38.9 Å². The van der Waals surface area contributed by atoms with Crippen LogP contribution < -0.4 is 50.9 Å². The molecule has 0 radical (unpaired) electrons. The second-order valence-electron chi connectivity index (χ2n) is 21.5. The summed E-state index contributed by atoms with van der Waals surface area (Å²) in [6.07, 6.45) is 39.1. The van der Waals surface area contributed by atoms with E-state index in [1.807, 2.05) is 0 Å². The lowest BCUT2D eigenvalue weighted by Crippen LogP contribution is -3.00. The van der Waals surface area contributed by atoms with Crippen molar-refractivity contribution in [2.75, 3.05) is 121 Å². The van der Waals surface area contributed by atoms with Crippen molar-refractivity contribution in [1.82, 2.24) is 4.90 Å². The Hall–Kier alpha value is -0.310. The average molecular weight is 1150 g/mol. The Kier molecular flexibility index (Phi) is 53.9. The molecule has 0 saturated carbocycles. The van der Waals surface area contributed by atoms with Crippen molar-refractivity contribution in [3.8, 4) is 0 Å². The number of ether oxygens (including phenoxy) is 3. The molecular formula is C54H111Br3N4O6. The number of hydrogen-bond donors (Lipinski definition) is 0. The van der Waals surface area contributed by atoms with Crippen molar-refractivity contribution in [2.24, 2.45) is 0 Å². The molecule has 0 saturated heterocycles. The highest BCUT2D eigenvalue weighted by Gasteiger charge is 2.24. The van der Waals surface area contributed by atoms with E-state index in [2.05, 4.69) is 68.0 Å². The third-order valence-electron chi connectivity index (χ3n) is 13.0. The summed E-state index contributed by atoms with van der Waals surface area (Å²) in [6, 6.07) is 0. The highest BCUT2D eigenvalue weighted by atomic mass is 79.9. The van der Waals surface area contributed by atoms with Crippen molar-refractivity contribution in [3.05, 3.63) is 0 Å². The molecule has 0 bridgehead atoms. The molecule has 0 aromatic heterocycles. The molecule has 0 atom stereocenters. The highest BCUT2D eigenvalue weighted by molar-refractivity contribution is 5.71. The molecule has 0 fully saturated rings. The van der Waals surface area contributed by atoms with Crippen LogP contribution in [0.2, 0.25) is 0 Å². The molecule has 67 heavy (non-hydrogen) atoms. The molecule has 0 aromatic carbocycles. The van der Waals surface area contributed by atoms with E-state index >= 15 is 0 Å². The van der Waals surface area contributed by atoms with E-state index in [1.165, 1.54) is 173 Å². The first-order valence-electron chi connectivity index (χ1n) is 27.3. The summed E-state index contributed by atoms with van der Waals surface area (Å²) >= 11 is 0. The normalized spacial score (nSPS) is 11.7. The van der Waals surface area contributed by atoms with Gasteiger partial charge in [0.05, 0.1) is 61.9 Å². The molecule has 0 aromatic rings. The average Bonchev–Trinajstić information content (AvgIpc) is 3.22. The van der Waals surface area contributed by atoms with Gasteiger partial charge in [-0.1, -0.05) is 175 Å². The zero-order valence-corrected chi connectivity index (χ0v) is 50.3. The van der Waals surface area contributed by atoms with Crippen LogP contribution in [0.15, 0.2) is 0 Å². The Balaban J connectivity index is -0.00000661. The molecule has 404 valence electrons. The third-order valence-corrected chi connectivity index (χ3v) is 13.0. The summed E-state index contributed by atoms with van der Waals surface area (Å²) in [5.41, 5.74) is 0. The first kappa shape index (κ1) is 73.2. The standard InChI is InChI=1S/C54H111N4O6.3BrH/c1-10-13-16-19-22-25-26-27-28-29-30-33-36-39-45-58(8,9)51-54(61)64-48-42-55(40-46-62-52(59)49-56(4,5)43-37-34-31-23-20-17-14-11-2)41-47-63-53(60)50-57(6,7)44-38-35-32-24-21-18-15-12-3;;;/h10-51H2,1-9H3;3*1H/q+3;;;/p-3. The Morgan fingerprint density at radius 1 is 0.313 bits per heavy atom. The van der Waals surface area contributed by atoms with Crippen LogP contribution in [0.3, 0.4) is 0 Å². The number of carbonyl (C=O) groups excluding carboxylic acids is 3. The third kappa shape index (κ3) is 51.8. The van der Waals surface area contributed by atoms with Gasteiger partial charge in [0, 0.05) is 19.6 Å². The van der Waals surface area contributed by atoms with E-state index in [0.29, 0.717) is 52.7 Å². The minimum absolute atomic E-state index is 0. The van der Waals surface area contributed by atoms with Crippen molar-refractivity contribution in [3.63, 3.8) is 0 Å². The topological polar surface area (TPSA) is 82.1 Å². The maximum Gasteiger partial charge on any atom is 0.361 e. The van der Waals surface area contributed by atoms with Crippen molar-refractivity contribution in [1.29, 1.82) is 0 Å². The predicted molar refractivity (Wildman–Crippen MR) is 270 cm³/mol. The summed E-state index contributed by atoms with van der Waals surface area (Å²) < 4.78 is 19.1. The molecular weight excluding hydrogens is 1040 g/mol.